The van der Waals surface area contributed by atoms with E-state index in [-0.39, 0.29) is 0 Å². The molecule has 0 radical (unpaired) electrons. The Kier molecular flexibility index (Phi) is 11.2. The Morgan fingerprint density at radius 2 is 1.28 bits per heavy atom. The third-order valence-corrected chi connectivity index (χ3v) is 6.79. The van der Waals surface area contributed by atoms with E-state index in [1.54, 1.807) is 0 Å². The van der Waals surface area contributed by atoms with Gasteiger partial charge >= 0.3 is 0 Å². The van der Waals surface area contributed by atoms with E-state index in [4.69, 9.17) is 0 Å². The third kappa shape index (κ3) is 8.91. The van der Waals surface area contributed by atoms with Crippen LogP contribution in [0.4, 0.5) is 0 Å². The first-order valence-electron chi connectivity index (χ1n) is 11.7. The Morgan fingerprint density at radius 1 is 0.680 bits per heavy atom. The molecule has 2 aliphatic rings. The molecule has 0 aromatic carbocycles. The first-order valence-corrected chi connectivity index (χ1v) is 11.7. The maximum atomic E-state index is 2.76. The molecule has 0 bridgehead atoms. The summed E-state index contributed by atoms with van der Waals surface area (Å²) in [5.41, 5.74) is 0. The molecule has 0 aromatic heterocycles. The predicted octanol–water partition coefficient (Wildman–Crippen LogP) is 5.96. The third-order valence-electron chi connectivity index (χ3n) is 6.79. The standard InChI is InChI=1S/C23H46N2/c1-3-4-5-6-7-8-9-10-11-12-18-25-19-15-22(16-20-25)23-14-13-17-24(2)21-23/h22-23H,3-21H2,1-2H3. The van der Waals surface area contributed by atoms with Crippen molar-refractivity contribution in [1.29, 1.82) is 0 Å². The molecule has 1 atom stereocenters. The summed E-state index contributed by atoms with van der Waals surface area (Å²) < 4.78 is 0. The second-order valence-electron chi connectivity index (χ2n) is 9.03. The van der Waals surface area contributed by atoms with Gasteiger partial charge in [-0.2, -0.15) is 0 Å². The Hall–Kier alpha value is -0.0800. The number of nitrogens with zero attached hydrogens (tertiary/aromatic N) is 2. The summed E-state index contributed by atoms with van der Waals surface area (Å²) in [7, 11) is 2.31. The Bertz CT molecular complexity index is 309. The van der Waals surface area contributed by atoms with Gasteiger partial charge in [-0.05, 0) is 77.2 Å². The van der Waals surface area contributed by atoms with Crippen molar-refractivity contribution in [2.24, 2.45) is 11.8 Å². The van der Waals surface area contributed by atoms with Crippen molar-refractivity contribution < 1.29 is 0 Å². The lowest BCUT2D eigenvalue weighted by atomic mass is 9.80. The molecule has 2 saturated heterocycles. The number of rotatable bonds is 12. The molecule has 0 aliphatic carbocycles. The Morgan fingerprint density at radius 3 is 1.88 bits per heavy atom. The zero-order valence-corrected chi connectivity index (χ0v) is 17.5. The maximum Gasteiger partial charge on any atom is 0.000928 e. The fraction of sp³-hybridized carbons (Fsp3) is 1.00. The monoisotopic (exact) mass is 350 g/mol. The quantitative estimate of drug-likeness (QED) is 0.401. The number of hydrogen-bond donors (Lipinski definition) is 0. The molecule has 0 N–H and O–H groups in total. The molecule has 0 amide bonds. The van der Waals surface area contributed by atoms with Gasteiger partial charge in [-0.1, -0.05) is 64.7 Å². The Labute approximate surface area is 158 Å². The van der Waals surface area contributed by atoms with Gasteiger partial charge in [0.25, 0.3) is 0 Å². The van der Waals surface area contributed by atoms with E-state index in [9.17, 15) is 0 Å². The molecule has 2 aliphatic heterocycles. The van der Waals surface area contributed by atoms with E-state index in [0.29, 0.717) is 0 Å². The van der Waals surface area contributed by atoms with Crippen LogP contribution >= 0.6 is 0 Å². The molecule has 2 heterocycles. The molecular formula is C23H46N2. The summed E-state index contributed by atoms with van der Waals surface area (Å²) in [6, 6.07) is 0. The molecule has 25 heavy (non-hydrogen) atoms. The molecule has 2 rings (SSSR count). The van der Waals surface area contributed by atoms with Crippen LogP contribution in [0, 0.1) is 11.8 Å². The van der Waals surface area contributed by atoms with Gasteiger partial charge in [0.05, 0.1) is 0 Å². The van der Waals surface area contributed by atoms with Crippen molar-refractivity contribution in [3.8, 4) is 0 Å². The molecule has 2 heteroatoms. The van der Waals surface area contributed by atoms with Crippen LogP contribution in [-0.4, -0.2) is 49.6 Å². The highest BCUT2D eigenvalue weighted by Gasteiger charge is 2.28. The van der Waals surface area contributed by atoms with E-state index in [1.807, 2.05) is 0 Å². The van der Waals surface area contributed by atoms with Crippen LogP contribution in [-0.2, 0) is 0 Å². The van der Waals surface area contributed by atoms with E-state index < -0.39 is 0 Å². The van der Waals surface area contributed by atoms with Crippen LogP contribution in [0.25, 0.3) is 0 Å². The number of piperidine rings is 2. The van der Waals surface area contributed by atoms with Crippen LogP contribution in [0.5, 0.6) is 0 Å². The van der Waals surface area contributed by atoms with Gasteiger partial charge in [-0.3, -0.25) is 0 Å². The molecular weight excluding hydrogens is 304 g/mol. The van der Waals surface area contributed by atoms with Crippen molar-refractivity contribution in [2.45, 2.75) is 96.8 Å². The van der Waals surface area contributed by atoms with E-state index in [1.165, 1.54) is 123 Å². The van der Waals surface area contributed by atoms with Gasteiger partial charge in [-0.25, -0.2) is 0 Å². The number of unbranched alkanes of at least 4 members (excludes halogenated alkanes) is 9. The van der Waals surface area contributed by atoms with Gasteiger partial charge in [0, 0.05) is 6.54 Å². The predicted molar refractivity (Wildman–Crippen MR) is 111 cm³/mol. The minimum atomic E-state index is 0.998. The van der Waals surface area contributed by atoms with Crippen LogP contribution in [0.3, 0.4) is 0 Å². The van der Waals surface area contributed by atoms with E-state index in [2.05, 4.69) is 23.8 Å². The topological polar surface area (TPSA) is 6.48 Å². The van der Waals surface area contributed by atoms with Gasteiger partial charge in [0.15, 0.2) is 0 Å². The molecule has 0 aromatic rings. The fourth-order valence-corrected chi connectivity index (χ4v) is 5.06. The average molecular weight is 351 g/mol. The van der Waals surface area contributed by atoms with Crippen molar-refractivity contribution >= 4 is 0 Å². The minimum absolute atomic E-state index is 0.998. The van der Waals surface area contributed by atoms with Crippen LogP contribution in [0.1, 0.15) is 96.8 Å². The van der Waals surface area contributed by atoms with Crippen molar-refractivity contribution in [3.05, 3.63) is 0 Å². The van der Waals surface area contributed by atoms with Crippen LogP contribution in [0.15, 0.2) is 0 Å². The minimum Gasteiger partial charge on any atom is -0.306 e. The van der Waals surface area contributed by atoms with Gasteiger partial charge in [0.1, 0.15) is 0 Å². The SMILES string of the molecule is CCCCCCCCCCCCN1CCC(C2CCCN(C)C2)CC1. The summed E-state index contributed by atoms with van der Waals surface area (Å²) in [5, 5.41) is 0. The second-order valence-corrected chi connectivity index (χ2v) is 9.03. The van der Waals surface area contributed by atoms with Gasteiger partial charge < -0.3 is 9.80 Å². The van der Waals surface area contributed by atoms with Crippen LogP contribution < -0.4 is 0 Å². The fourth-order valence-electron chi connectivity index (χ4n) is 5.06. The molecule has 0 spiro atoms. The second kappa shape index (κ2) is 13.1. The van der Waals surface area contributed by atoms with E-state index in [0.717, 1.165) is 11.8 Å². The van der Waals surface area contributed by atoms with E-state index >= 15 is 0 Å². The van der Waals surface area contributed by atoms with Crippen LogP contribution in [0.2, 0.25) is 0 Å². The summed E-state index contributed by atoms with van der Waals surface area (Å²) in [4.78, 5) is 5.32. The normalized spacial score (nSPS) is 24.0. The number of hydrogen-bond acceptors (Lipinski definition) is 2. The van der Waals surface area contributed by atoms with Gasteiger partial charge in [-0.15, -0.1) is 0 Å². The molecule has 2 nitrogen and oxygen atoms in total. The molecule has 0 saturated carbocycles. The summed E-state index contributed by atoms with van der Waals surface area (Å²) in [6.07, 6.45) is 20.4. The molecule has 1 unspecified atom stereocenters. The first-order chi connectivity index (χ1) is 12.3. The summed E-state index contributed by atoms with van der Waals surface area (Å²) in [5.74, 6) is 2.02. The Balaban J connectivity index is 1.41. The zero-order chi connectivity index (χ0) is 17.7. The number of likely N-dealkylation sites (tertiary alicyclic amines) is 2. The van der Waals surface area contributed by atoms with Crippen molar-refractivity contribution in [1.82, 2.24) is 9.80 Å². The van der Waals surface area contributed by atoms with Crippen molar-refractivity contribution in [2.75, 3.05) is 39.8 Å². The highest BCUT2D eigenvalue weighted by molar-refractivity contribution is 4.82. The smallest absolute Gasteiger partial charge is 0.000928 e. The largest absolute Gasteiger partial charge is 0.306 e. The average Bonchev–Trinajstić information content (AvgIpc) is 2.64. The van der Waals surface area contributed by atoms with Gasteiger partial charge in [0.2, 0.25) is 0 Å². The maximum absolute atomic E-state index is 2.76. The molecule has 148 valence electrons. The summed E-state index contributed by atoms with van der Waals surface area (Å²) in [6.45, 7) is 9.12. The lowest BCUT2D eigenvalue weighted by Crippen LogP contribution is -2.41. The summed E-state index contributed by atoms with van der Waals surface area (Å²) >= 11 is 0. The first kappa shape index (κ1) is 21.2. The molecule has 2 fully saturated rings. The lowest BCUT2D eigenvalue weighted by molar-refractivity contribution is 0.0977. The lowest BCUT2D eigenvalue weighted by Gasteiger charge is -2.40. The highest BCUT2D eigenvalue weighted by atomic mass is 15.1. The highest BCUT2D eigenvalue weighted by Crippen LogP contribution is 2.31. The van der Waals surface area contributed by atoms with Crippen molar-refractivity contribution in [3.63, 3.8) is 0 Å². The zero-order valence-electron chi connectivity index (χ0n) is 17.5.